The van der Waals surface area contributed by atoms with Gasteiger partial charge in [0, 0.05) is 5.02 Å². The van der Waals surface area contributed by atoms with Crippen molar-refractivity contribution in [1.82, 2.24) is 4.72 Å². The lowest BCUT2D eigenvalue weighted by Crippen LogP contribution is -2.29. The number of carboxylic acid groups (broad SMARTS) is 1. The summed E-state index contributed by atoms with van der Waals surface area (Å²) in [6.45, 7) is -0.809. The van der Waals surface area contributed by atoms with E-state index in [2.05, 4.69) is 0 Å². The summed E-state index contributed by atoms with van der Waals surface area (Å²) in [5.74, 6) is -1.36. The van der Waals surface area contributed by atoms with Crippen LogP contribution in [0.25, 0.3) is 0 Å². The molecule has 0 heterocycles. The van der Waals surface area contributed by atoms with E-state index in [1.165, 1.54) is 42.5 Å². The van der Waals surface area contributed by atoms with E-state index in [-0.39, 0.29) is 14.7 Å². The van der Waals surface area contributed by atoms with Gasteiger partial charge in [-0.3, -0.25) is 4.79 Å². The average molecular weight is 390 g/mol. The van der Waals surface area contributed by atoms with Crippen LogP contribution in [0.3, 0.4) is 0 Å². The molecule has 7 nitrogen and oxygen atoms in total. The number of sulfone groups is 1. The quantitative estimate of drug-likeness (QED) is 0.773. The molecule has 0 aliphatic heterocycles. The molecule has 128 valence electrons. The Balaban J connectivity index is 2.43. The molecule has 0 aliphatic rings. The van der Waals surface area contributed by atoms with Gasteiger partial charge in [-0.25, -0.2) is 16.8 Å². The molecular weight excluding hydrogens is 378 g/mol. The monoisotopic (exact) mass is 389 g/mol. The minimum atomic E-state index is -4.14. The van der Waals surface area contributed by atoms with Crippen molar-refractivity contribution in [2.75, 3.05) is 6.54 Å². The smallest absolute Gasteiger partial charge is 0.318 e. The third-order valence-electron chi connectivity index (χ3n) is 2.96. The maximum atomic E-state index is 12.5. The number of hydrogen-bond acceptors (Lipinski definition) is 5. The molecule has 0 saturated carbocycles. The molecule has 0 amide bonds. The van der Waals surface area contributed by atoms with Crippen molar-refractivity contribution in [3.05, 3.63) is 53.6 Å². The Kier molecular flexibility index (Phi) is 5.29. The molecule has 2 aromatic rings. The summed E-state index contributed by atoms with van der Waals surface area (Å²) in [7, 11) is -8.08. The highest BCUT2D eigenvalue weighted by atomic mass is 35.5. The molecule has 0 saturated heterocycles. The van der Waals surface area contributed by atoms with E-state index in [1.807, 2.05) is 4.72 Å². The molecule has 0 aromatic heterocycles. The second kappa shape index (κ2) is 6.89. The summed E-state index contributed by atoms with van der Waals surface area (Å²) in [6, 6.07) is 10.1. The van der Waals surface area contributed by atoms with Crippen molar-refractivity contribution < 1.29 is 26.7 Å². The Morgan fingerprint density at radius 2 is 1.54 bits per heavy atom. The van der Waals surface area contributed by atoms with Crippen LogP contribution in [0.4, 0.5) is 0 Å². The first-order chi connectivity index (χ1) is 11.1. The fourth-order valence-electron chi connectivity index (χ4n) is 1.80. The maximum Gasteiger partial charge on any atom is 0.318 e. The topological polar surface area (TPSA) is 118 Å². The Morgan fingerprint density at radius 1 is 0.958 bits per heavy atom. The number of benzene rings is 2. The fraction of sp³-hybridized carbons (Fsp3) is 0.0714. The van der Waals surface area contributed by atoms with Crippen LogP contribution in [0.15, 0.2) is 63.2 Å². The van der Waals surface area contributed by atoms with Gasteiger partial charge in [-0.2, -0.15) is 4.72 Å². The van der Waals surface area contributed by atoms with Crippen LogP contribution in [0, 0.1) is 0 Å². The van der Waals surface area contributed by atoms with Gasteiger partial charge in [-0.1, -0.05) is 17.7 Å². The lowest BCUT2D eigenvalue weighted by Gasteiger charge is -2.08. The van der Waals surface area contributed by atoms with Gasteiger partial charge in [0.2, 0.25) is 19.9 Å². The Bertz CT molecular complexity index is 969. The molecule has 10 heteroatoms. The standard InChI is InChI=1S/C14H12ClNO6S2/c15-10-4-6-11(7-5-10)23(19,20)12-2-1-3-13(8-12)24(21,22)16-9-14(17)18/h1-8,16H,9H2,(H,17,18). The van der Waals surface area contributed by atoms with E-state index >= 15 is 0 Å². The lowest BCUT2D eigenvalue weighted by atomic mass is 10.4. The SMILES string of the molecule is O=C(O)CNS(=O)(=O)c1cccc(S(=O)(=O)c2ccc(Cl)cc2)c1. The molecular formula is C14H12ClNO6S2. The summed E-state index contributed by atoms with van der Waals surface area (Å²) < 4.78 is 51.0. The van der Waals surface area contributed by atoms with Crippen LogP contribution in [-0.4, -0.2) is 34.5 Å². The van der Waals surface area contributed by atoms with Gasteiger partial charge in [0.25, 0.3) is 0 Å². The first kappa shape index (κ1) is 18.4. The fourth-order valence-corrected chi connectivity index (χ4v) is 4.33. The predicted octanol–water partition coefficient (Wildman–Crippen LogP) is 1.54. The van der Waals surface area contributed by atoms with E-state index in [0.29, 0.717) is 5.02 Å². The average Bonchev–Trinajstić information content (AvgIpc) is 2.53. The van der Waals surface area contributed by atoms with Crippen LogP contribution in [0.1, 0.15) is 0 Å². The van der Waals surface area contributed by atoms with Crippen LogP contribution in [0.2, 0.25) is 5.02 Å². The number of rotatable bonds is 6. The summed E-state index contributed by atoms with van der Waals surface area (Å²) in [4.78, 5) is 9.86. The van der Waals surface area contributed by atoms with Crippen molar-refractivity contribution in [3.63, 3.8) is 0 Å². The summed E-state index contributed by atoms with van der Waals surface area (Å²) in [6.07, 6.45) is 0. The zero-order valence-electron chi connectivity index (χ0n) is 12.0. The minimum absolute atomic E-state index is 0.0417. The number of carboxylic acids is 1. The molecule has 0 unspecified atom stereocenters. The van der Waals surface area contributed by atoms with Crippen LogP contribution in [0.5, 0.6) is 0 Å². The molecule has 24 heavy (non-hydrogen) atoms. The number of nitrogens with one attached hydrogen (secondary N) is 1. The maximum absolute atomic E-state index is 12.5. The van der Waals surface area contributed by atoms with E-state index in [0.717, 1.165) is 6.07 Å². The molecule has 0 atom stereocenters. The molecule has 0 radical (unpaired) electrons. The molecule has 2 rings (SSSR count). The normalized spacial score (nSPS) is 12.0. The minimum Gasteiger partial charge on any atom is -0.480 e. The van der Waals surface area contributed by atoms with Gasteiger partial charge in [0.1, 0.15) is 6.54 Å². The number of sulfonamides is 1. The van der Waals surface area contributed by atoms with Crippen LogP contribution in [-0.2, 0) is 24.7 Å². The lowest BCUT2D eigenvalue weighted by molar-refractivity contribution is -0.135. The first-order valence-electron chi connectivity index (χ1n) is 6.45. The van der Waals surface area contributed by atoms with E-state index in [1.54, 1.807) is 0 Å². The predicted molar refractivity (Wildman–Crippen MR) is 86.2 cm³/mol. The highest BCUT2D eigenvalue weighted by Crippen LogP contribution is 2.24. The van der Waals surface area contributed by atoms with Gasteiger partial charge >= 0.3 is 5.97 Å². The Morgan fingerprint density at radius 3 is 2.12 bits per heavy atom. The number of aliphatic carboxylic acids is 1. The van der Waals surface area contributed by atoms with Gasteiger partial charge in [-0.05, 0) is 42.5 Å². The van der Waals surface area contributed by atoms with Gasteiger partial charge in [0.05, 0.1) is 14.7 Å². The zero-order valence-corrected chi connectivity index (χ0v) is 14.4. The largest absolute Gasteiger partial charge is 0.480 e. The molecule has 0 fully saturated rings. The van der Waals surface area contributed by atoms with Crippen molar-refractivity contribution in [1.29, 1.82) is 0 Å². The summed E-state index contributed by atoms with van der Waals surface area (Å²) >= 11 is 5.72. The highest BCUT2D eigenvalue weighted by molar-refractivity contribution is 7.91. The van der Waals surface area contributed by atoms with Gasteiger partial charge in [0.15, 0.2) is 0 Å². The van der Waals surface area contributed by atoms with E-state index < -0.39 is 32.4 Å². The second-order valence-corrected chi connectivity index (χ2v) is 8.80. The van der Waals surface area contributed by atoms with Crippen molar-refractivity contribution in [3.8, 4) is 0 Å². The molecule has 0 spiro atoms. The van der Waals surface area contributed by atoms with Crippen LogP contribution < -0.4 is 4.72 Å². The van der Waals surface area contributed by atoms with Gasteiger partial charge < -0.3 is 5.11 Å². The van der Waals surface area contributed by atoms with Crippen molar-refractivity contribution in [2.45, 2.75) is 14.7 Å². The third-order valence-corrected chi connectivity index (χ3v) is 6.38. The number of hydrogen-bond donors (Lipinski definition) is 2. The van der Waals surface area contributed by atoms with Crippen LogP contribution >= 0.6 is 11.6 Å². The van der Waals surface area contributed by atoms with Gasteiger partial charge in [-0.15, -0.1) is 0 Å². The molecule has 0 aliphatic carbocycles. The Labute approximate surface area is 143 Å². The van der Waals surface area contributed by atoms with E-state index in [4.69, 9.17) is 16.7 Å². The molecule has 2 N–H and O–H groups in total. The Hall–Kier alpha value is -1.94. The highest BCUT2D eigenvalue weighted by Gasteiger charge is 2.21. The van der Waals surface area contributed by atoms with Crippen molar-refractivity contribution in [2.24, 2.45) is 0 Å². The summed E-state index contributed by atoms with van der Waals surface area (Å²) in [5, 5.41) is 8.91. The first-order valence-corrected chi connectivity index (χ1v) is 9.79. The third kappa shape index (κ3) is 4.12. The van der Waals surface area contributed by atoms with E-state index in [9.17, 15) is 21.6 Å². The number of carbonyl (C=O) groups is 1. The molecule has 0 bridgehead atoms. The zero-order chi connectivity index (χ0) is 18.0. The summed E-state index contributed by atoms with van der Waals surface area (Å²) in [5.41, 5.74) is 0. The number of halogens is 1. The second-order valence-electron chi connectivity index (χ2n) is 4.65. The van der Waals surface area contributed by atoms with Crippen molar-refractivity contribution >= 4 is 37.4 Å². The molecule has 2 aromatic carbocycles.